The van der Waals surface area contributed by atoms with Gasteiger partial charge in [0.15, 0.2) is 5.96 Å². The summed E-state index contributed by atoms with van der Waals surface area (Å²) in [5.74, 6) is 0.862. The lowest BCUT2D eigenvalue weighted by molar-refractivity contribution is 0.0574. The summed E-state index contributed by atoms with van der Waals surface area (Å²) in [5, 5.41) is 10.8. The molecule has 7 heteroatoms. The van der Waals surface area contributed by atoms with Crippen molar-refractivity contribution in [3.63, 3.8) is 0 Å². The van der Waals surface area contributed by atoms with Gasteiger partial charge < -0.3 is 15.4 Å². The highest BCUT2D eigenvalue weighted by atomic mass is 127. The summed E-state index contributed by atoms with van der Waals surface area (Å²) in [6.07, 6.45) is 11.5. The van der Waals surface area contributed by atoms with E-state index >= 15 is 0 Å². The molecule has 2 rings (SSSR count). The van der Waals surface area contributed by atoms with E-state index in [1.165, 1.54) is 25.7 Å². The second-order valence-corrected chi connectivity index (χ2v) is 5.68. The van der Waals surface area contributed by atoms with E-state index in [0.717, 1.165) is 45.0 Å². The van der Waals surface area contributed by atoms with Crippen LogP contribution in [0.1, 0.15) is 38.5 Å². The number of aryl methyl sites for hydroxylation is 1. The Balaban J connectivity index is 0.00000264. The molecule has 1 aromatic rings. The van der Waals surface area contributed by atoms with Crippen LogP contribution in [0.5, 0.6) is 0 Å². The average molecular weight is 435 g/mol. The van der Waals surface area contributed by atoms with Crippen molar-refractivity contribution < 1.29 is 4.74 Å². The molecule has 1 heterocycles. The minimum Gasteiger partial charge on any atom is -0.378 e. The van der Waals surface area contributed by atoms with E-state index in [-0.39, 0.29) is 24.0 Å². The molecule has 0 bridgehead atoms. The maximum atomic E-state index is 5.85. The number of guanidine groups is 1. The highest BCUT2D eigenvalue weighted by Crippen LogP contribution is 2.20. The van der Waals surface area contributed by atoms with E-state index in [4.69, 9.17) is 4.74 Å². The van der Waals surface area contributed by atoms with Gasteiger partial charge in [-0.25, -0.2) is 0 Å². The van der Waals surface area contributed by atoms with Gasteiger partial charge in [-0.1, -0.05) is 12.8 Å². The average Bonchev–Trinajstić information content (AvgIpc) is 3.22. The van der Waals surface area contributed by atoms with Gasteiger partial charge in [0.1, 0.15) is 0 Å². The molecule has 0 amide bonds. The van der Waals surface area contributed by atoms with Gasteiger partial charge in [-0.2, -0.15) is 5.10 Å². The lowest BCUT2D eigenvalue weighted by atomic mass is 10.3. The van der Waals surface area contributed by atoms with Gasteiger partial charge in [0.2, 0.25) is 0 Å². The van der Waals surface area contributed by atoms with Gasteiger partial charge in [0, 0.05) is 45.7 Å². The minimum absolute atomic E-state index is 0. The van der Waals surface area contributed by atoms with Crippen molar-refractivity contribution in [2.45, 2.75) is 51.2 Å². The van der Waals surface area contributed by atoms with E-state index in [9.17, 15) is 0 Å². The smallest absolute Gasteiger partial charge is 0.190 e. The molecule has 0 aromatic carbocycles. The number of aliphatic imine (C=N–C) groups is 1. The first kappa shape index (κ1) is 20.2. The Kier molecular flexibility index (Phi) is 11.1. The Labute approximate surface area is 156 Å². The number of hydrogen-bond acceptors (Lipinski definition) is 3. The summed E-state index contributed by atoms with van der Waals surface area (Å²) in [7, 11) is 1.80. The third kappa shape index (κ3) is 8.55. The van der Waals surface area contributed by atoms with E-state index in [1.807, 2.05) is 23.1 Å². The van der Waals surface area contributed by atoms with E-state index in [2.05, 4.69) is 20.7 Å². The first-order valence-electron chi connectivity index (χ1n) is 8.42. The molecule has 1 aliphatic carbocycles. The van der Waals surface area contributed by atoms with Crippen LogP contribution in [0.25, 0.3) is 0 Å². The molecule has 0 saturated heterocycles. The third-order valence-electron chi connectivity index (χ3n) is 3.91. The molecule has 1 saturated carbocycles. The molecule has 132 valence electrons. The third-order valence-corrected chi connectivity index (χ3v) is 3.91. The lowest BCUT2D eigenvalue weighted by Gasteiger charge is -2.13. The fourth-order valence-electron chi connectivity index (χ4n) is 2.69. The Morgan fingerprint density at radius 1 is 1.26 bits per heavy atom. The number of ether oxygens (including phenoxy) is 1. The summed E-state index contributed by atoms with van der Waals surface area (Å²) in [4.78, 5) is 4.23. The van der Waals surface area contributed by atoms with Crippen LogP contribution in [0.3, 0.4) is 0 Å². The van der Waals surface area contributed by atoms with Crippen LogP contribution in [-0.4, -0.2) is 48.6 Å². The summed E-state index contributed by atoms with van der Waals surface area (Å²) in [6, 6.07) is 1.95. The Morgan fingerprint density at radius 2 is 2.00 bits per heavy atom. The van der Waals surface area contributed by atoms with Crippen molar-refractivity contribution in [3.8, 4) is 0 Å². The summed E-state index contributed by atoms with van der Waals surface area (Å²) >= 11 is 0. The molecule has 0 aliphatic heterocycles. The maximum Gasteiger partial charge on any atom is 0.190 e. The summed E-state index contributed by atoms with van der Waals surface area (Å²) < 4.78 is 7.79. The monoisotopic (exact) mass is 435 g/mol. The van der Waals surface area contributed by atoms with Crippen LogP contribution >= 0.6 is 24.0 Å². The number of nitrogens with zero attached hydrogens (tertiary/aromatic N) is 3. The highest BCUT2D eigenvalue weighted by molar-refractivity contribution is 14.0. The van der Waals surface area contributed by atoms with Crippen molar-refractivity contribution in [1.82, 2.24) is 20.4 Å². The van der Waals surface area contributed by atoms with Gasteiger partial charge >= 0.3 is 0 Å². The number of rotatable bonds is 9. The predicted molar refractivity (Wildman–Crippen MR) is 104 cm³/mol. The molecule has 1 aromatic heterocycles. The molecule has 2 N–H and O–H groups in total. The first-order valence-corrected chi connectivity index (χ1v) is 8.42. The van der Waals surface area contributed by atoms with Crippen LogP contribution in [0.4, 0.5) is 0 Å². The SMILES string of the molecule is CN=C(NCCCOC1CCCC1)NCCCn1cccn1.I. The van der Waals surface area contributed by atoms with Crippen LogP contribution < -0.4 is 10.6 Å². The summed E-state index contributed by atoms with van der Waals surface area (Å²) in [5.41, 5.74) is 0. The van der Waals surface area contributed by atoms with Crippen LogP contribution in [0, 0.1) is 0 Å². The quantitative estimate of drug-likeness (QED) is 0.271. The van der Waals surface area contributed by atoms with Crippen molar-refractivity contribution in [2.24, 2.45) is 4.99 Å². The second kappa shape index (κ2) is 12.6. The zero-order valence-electron chi connectivity index (χ0n) is 14.0. The molecule has 1 fully saturated rings. The van der Waals surface area contributed by atoms with Gasteiger partial charge in [-0.3, -0.25) is 9.67 Å². The van der Waals surface area contributed by atoms with Gasteiger partial charge in [-0.05, 0) is 31.7 Å². The molecular formula is C16H30IN5O. The van der Waals surface area contributed by atoms with Crippen molar-refractivity contribution in [1.29, 1.82) is 0 Å². The predicted octanol–water partition coefficient (Wildman–Crippen LogP) is 2.41. The van der Waals surface area contributed by atoms with Gasteiger partial charge in [0.05, 0.1) is 6.10 Å². The van der Waals surface area contributed by atoms with Crippen LogP contribution in [-0.2, 0) is 11.3 Å². The van der Waals surface area contributed by atoms with E-state index in [1.54, 1.807) is 7.05 Å². The molecule has 0 radical (unpaired) electrons. The number of halogens is 1. The Bertz CT molecular complexity index is 418. The van der Waals surface area contributed by atoms with Crippen molar-refractivity contribution >= 4 is 29.9 Å². The summed E-state index contributed by atoms with van der Waals surface area (Å²) in [6.45, 7) is 3.55. The lowest BCUT2D eigenvalue weighted by Crippen LogP contribution is -2.38. The molecule has 0 spiro atoms. The maximum absolute atomic E-state index is 5.85. The molecule has 0 atom stereocenters. The first-order chi connectivity index (χ1) is 10.9. The van der Waals surface area contributed by atoms with Crippen LogP contribution in [0.15, 0.2) is 23.5 Å². The normalized spacial score (nSPS) is 15.4. The number of aromatic nitrogens is 2. The zero-order valence-corrected chi connectivity index (χ0v) is 16.4. The molecule has 23 heavy (non-hydrogen) atoms. The largest absolute Gasteiger partial charge is 0.378 e. The number of hydrogen-bond donors (Lipinski definition) is 2. The second-order valence-electron chi connectivity index (χ2n) is 5.68. The topological polar surface area (TPSA) is 63.5 Å². The Hall–Kier alpha value is -0.830. The number of nitrogens with one attached hydrogen (secondary N) is 2. The van der Waals surface area contributed by atoms with Crippen molar-refractivity contribution in [2.75, 3.05) is 26.7 Å². The highest BCUT2D eigenvalue weighted by Gasteiger charge is 2.14. The van der Waals surface area contributed by atoms with Crippen molar-refractivity contribution in [3.05, 3.63) is 18.5 Å². The fourth-order valence-corrected chi connectivity index (χ4v) is 2.69. The molecule has 6 nitrogen and oxygen atoms in total. The van der Waals surface area contributed by atoms with Gasteiger partial charge in [0.25, 0.3) is 0 Å². The van der Waals surface area contributed by atoms with Crippen LogP contribution in [0.2, 0.25) is 0 Å². The minimum atomic E-state index is 0. The van der Waals surface area contributed by atoms with E-state index in [0.29, 0.717) is 6.10 Å². The van der Waals surface area contributed by atoms with E-state index < -0.39 is 0 Å². The zero-order chi connectivity index (χ0) is 15.5. The molecule has 1 aliphatic rings. The molecule has 0 unspecified atom stereocenters. The standard InChI is InChI=1S/C16H29N5O.HI/c1-17-16(18-9-4-12-21-13-5-11-20-21)19-10-6-14-22-15-7-2-3-8-15;/h5,11,13,15H,2-4,6-10,12,14H2,1H3,(H2,17,18,19);1H. The van der Waals surface area contributed by atoms with Gasteiger partial charge in [-0.15, -0.1) is 24.0 Å². The Morgan fingerprint density at radius 3 is 2.65 bits per heavy atom. The molecular weight excluding hydrogens is 405 g/mol. The fraction of sp³-hybridized carbons (Fsp3) is 0.750.